The van der Waals surface area contributed by atoms with Crippen molar-refractivity contribution >= 4 is 17.2 Å². The number of benzene rings is 1. The van der Waals surface area contributed by atoms with Gasteiger partial charge in [0.25, 0.3) is 0 Å². The van der Waals surface area contributed by atoms with Gasteiger partial charge in [-0.25, -0.2) is 4.98 Å². The van der Waals surface area contributed by atoms with Gasteiger partial charge in [0.2, 0.25) is 0 Å². The number of aromatic nitrogens is 1. The lowest BCUT2D eigenvalue weighted by molar-refractivity contribution is 0.519. The molecule has 3 rings (SSSR count). The number of aryl methyl sites for hydroxylation is 1. The molecule has 0 amide bonds. The SMILES string of the molecule is Cc1ccccc1N1c2ncccc2N(C)C1(C)C. The van der Waals surface area contributed by atoms with Crippen molar-refractivity contribution in [2.45, 2.75) is 26.4 Å². The molecular formula is C16H19N3. The maximum absolute atomic E-state index is 4.59. The summed E-state index contributed by atoms with van der Waals surface area (Å²) in [5.74, 6) is 1.03. The summed E-state index contributed by atoms with van der Waals surface area (Å²) in [6.45, 7) is 6.59. The van der Waals surface area contributed by atoms with Crippen LogP contribution >= 0.6 is 0 Å². The lowest BCUT2D eigenvalue weighted by atomic mass is 10.1. The molecule has 0 N–H and O–H groups in total. The summed E-state index contributed by atoms with van der Waals surface area (Å²) in [4.78, 5) is 9.19. The predicted octanol–water partition coefficient (Wildman–Crippen LogP) is 3.71. The van der Waals surface area contributed by atoms with Crippen molar-refractivity contribution in [3.63, 3.8) is 0 Å². The number of fused-ring (bicyclic) bond motifs is 1. The number of anilines is 3. The average Bonchev–Trinajstić information content (AvgIpc) is 2.59. The van der Waals surface area contributed by atoms with Crippen molar-refractivity contribution in [3.05, 3.63) is 48.2 Å². The van der Waals surface area contributed by atoms with Crippen LogP contribution in [0, 0.1) is 6.92 Å². The van der Waals surface area contributed by atoms with Gasteiger partial charge in [-0.05, 0) is 44.5 Å². The lowest BCUT2D eigenvalue weighted by Crippen LogP contribution is -2.48. The van der Waals surface area contributed by atoms with Crippen molar-refractivity contribution in [1.29, 1.82) is 0 Å². The van der Waals surface area contributed by atoms with Gasteiger partial charge >= 0.3 is 0 Å². The number of pyridine rings is 1. The monoisotopic (exact) mass is 253 g/mol. The predicted molar refractivity (Wildman–Crippen MR) is 80.0 cm³/mol. The van der Waals surface area contributed by atoms with Crippen LogP contribution in [-0.2, 0) is 0 Å². The molecular weight excluding hydrogens is 234 g/mol. The van der Waals surface area contributed by atoms with Gasteiger partial charge in [0.15, 0.2) is 5.82 Å². The zero-order chi connectivity index (χ0) is 13.6. The van der Waals surface area contributed by atoms with E-state index in [0.717, 1.165) is 5.82 Å². The normalized spacial score (nSPS) is 16.6. The van der Waals surface area contributed by atoms with E-state index in [4.69, 9.17) is 0 Å². The third kappa shape index (κ3) is 1.61. The summed E-state index contributed by atoms with van der Waals surface area (Å²) in [5, 5.41) is 0. The van der Waals surface area contributed by atoms with Crippen molar-refractivity contribution < 1.29 is 0 Å². The molecule has 1 aromatic carbocycles. The van der Waals surface area contributed by atoms with Crippen LogP contribution in [0.4, 0.5) is 17.2 Å². The molecule has 3 heteroatoms. The van der Waals surface area contributed by atoms with E-state index in [-0.39, 0.29) is 5.66 Å². The Kier molecular flexibility index (Phi) is 2.52. The van der Waals surface area contributed by atoms with Crippen molar-refractivity contribution in [2.24, 2.45) is 0 Å². The molecule has 0 spiro atoms. The largest absolute Gasteiger partial charge is 0.349 e. The molecule has 0 fully saturated rings. The highest BCUT2D eigenvalue weighted by Crippen LogP contribution is 2.47. The van der Waals surface area contributed by atoms with Gasteiger partial charge in [-0.1, -0.05) is 18.2 Å². The molecule has 19 heavy (non-hydrogen) atoms. The van der Waals surface area contributed by atoms with Gasteiger partial charge in [-0.2, -0.15) is 0 Å². The summed E-state index contributed by atoms with van der Waals surface area (Å²) < 4.78 is 0. The highest BCUT2D eigenvalue weighted by atomic mass is 15.5. The van der Waals surface area contributed by atoms with E-state index in [9.17, 15) is 0 Å². The molecule has 1 aliphatic rings. The number of para-hydroxylation sites is 1. The quantitative estimate of drug-likeness (QED) is 0.772. The summed E-state index contributed by atoms with van der Waals surface area (Å²) in [6, 6.07) is 12.6. The van der Waals surface area contributed by atoms with Crippen LogP contribution in [-0.4, -0.2) is 17.7 Å². The maximum atomic E-state index is 4.59. The first-order chi connectivity index (χ1) is 9.03. The highest BCUT2D eigenvalue weighted by molar-refractivity contribution is 5.82. The standard InChI is InChI=1S/C16H19N3/c1-12-8-5-6-9-13(12)19-15-14(10-7-11-17-15)18(4)16(19,2)3/h5-11H,1-4H3. The Balaban J connectivity index is 2.23. The van der Waals surface area contributed by atoms with E-state index >= 15 is 0 Å². The Morgan fingerprint density at radius 2 is 1.68 bits per heavy atom. The fraction of sp³-hybridized carbons (Fsp3) is 0.312. The van der Waals surface area contributed by atoms with E-state index < -0.39 is 0 Å². The van der Waals surface area contributed by atoms with Crippen LogP contribution in [0.3, 0.4) is 0 Å². The number of hydrogen-bond donors (Lipinski definition) is 0. The molecule has 2 heterocycles. The zero-order valence-electron chi connectivity index (χ0n) is 11.9. The molecule has 1 aromatic heterocycles. The summed E-state index contributed by atoms with van der Waals surface area (Å²) in [5.41, 5.74) is 3.54. The first-order valence-corrected chi connectivity index (χ1v) is 6.58. The van der Waals surface area contributed by atoms with Gasteiger partial charge < -0.3 is 9.80 Å². The highest BCUT2D eigenvalue weighted by Gasteiger charge is 2.42. The Morgan fingerprint density at radius 3 is 2.42 bits per heavy atom. The van der Waals surface area contributed by atoms with Gasteiger partial charge in [0.05, 0.1) is 5.69 Å². The molecule has 0 bridgehead atoms. The minimum absolute atomic E-state index is 0.122. The lowest BCUT2D eigenvalue weighted by Gasteiger charge is -2.38. The van der Waals surface area contributed by atoms with Crippen molar-refractivity contribution in [2.75, 3.05) is 16.8 Å². The van der Waals surface area contributed by atoms with Gasteiger partial charge in [-0.3, -0.25) is 0 Å². The first-order valence-electron chi connectivity index (χ1n) is 6.58. The summed E-state index contributed by atoms with van der Waals surface area (Å²) >= 11 is 0. The molecule has 2 aromatic rings. The number of hydrogen-bond acceptors (Lipinski definition) is 3. The van der Waals surface area contributed by atoms with Crippen LogP contribution in [0.25, 0.3) is 0 Å². The molecule has 3 nitrogen and oxygen atoms in total. The fourth-order valence-corrected chi connectivity index (χ4v) is 2.75. The van der Waals surface area contributed by atoms with E-state index in [1.54, 1.807) is 0 Å². The van der Waals surface area contributed by atoms with Crippen molar-refractivity contribution in [1.82, 2.24) is 4.98 Å². The molecule has 1 aliphatic heterocycles. The smallest absolute Gasteiger partial charge is 0.158 e. The Bertz CT molecular complexity index is 619. The molecule has 0 radical (unpaired) electrons. The van der Waals surface area contributed by atoms with Gasteiger partial charge in [0, 0.05) is 18.9 Å². The summed E-state index contributed by atoms with van der Waals surface area (Å²) in [7, 11) is 2.12. The van der Waals surface area contributed by atoms with Crippen LogP contribution in [0.15, 0.2) is 42.6 Å². The maximum Gasteiger partial charge on any atom is 0.158 e. The van der Waals surface area contributed by atoms with E-state index in [0.29, 0.717) is 0 Å². The van der Waals surface area contributed by atoms with Gasteiger partial charge in [0.1, 0.15) is 5.66 Å². The Morgan fingerprint density at radius 1 is 1.00 bits per heavy atom. The fourth-order valence-electron chi connectivity index (χ4n) is 2.75. The van der Waals surface area contributed by atoms with E-state index in [1.807, 2.05) is 12.3 Å². The Hall–Kier alpha value is -2.03. The summed E-state index contributed by atoms with van der Waals surface area (Å²) in [6.07, 6.45) is 1.86. The topological polar surface area (TPSA) is 19.4 Å². The van der Waals surface area contributed by atoms with Crippen molar-refractivity contribution in [3.8, 4) is 0 Å². The minimum Gasteiger partial charge on any atom is -0.349 e. The molecule has 0 saturated carbocycles. The average molecular weight is 253 g/mol. The second-order valence-electron chi connectivity index (χ2n) is 5.52. The second kappa shape index (κ2) is 3.98. The van der Waals surface area contributed by atoms with Crippen LogP contribution in [0.5, 0.6) is 0 Å². The Labute approximate surface area is 114 Å². The molecule has 0 atom stereocenters. The molecule has 0 saturated heterocycles. The third-order valence-corrected chi connectivity index (χ3v) is 4.06. The minimum atomic E-state index is -0.122. The van der Waals surface area contributed by atoms with Crippen LogP contribution < -0.4 is 9.80 Å². The van der Waals surface area contributed by atoms with E-state index in [1.165, 1.54) is 16.9 Å². The zero-order valence-corrected chi connectivity index (χ0v) is 11.9. The molecule has 0 aliphatic carbocycles. The first kappa shape index (κ1) is 12.0. The third-order valence-electron chi connectivity index (χ3n) is 4.06. The van der Waals surface area contributed by atoms with Gasteiger partial charge in [-0.15, -0.1) is 0 Å². The van der Waals surface area contributed by atoms with Crippen LogP contribution in [0.1, 0.15) is 19.4 Å². The molecule has 0 unspecified atom stereocenters. The molecule has 98 valence electrons. The van der Waals surface area contributed by atoms with E-state index in [2.05, 4.69) is 72.9 Å². The second-order valence-corrected chi connectivity index (χ2v) is 5.52. The number of nitrogens with zero attached hydrogens (tertiary/aromatic N) is 3. The number of rotatable bonds is 1. The van der Waals surface area contributed by atoms with Crippen LogP contribution in [0.2, 0.25) is 0 Å².